The molecule has 0 fully saturated rings. The number of carbonyl (C=O) groups is 1. The first-order valence-electron chi connectivity index (χ1n) is 9.26. The van der Waals surface area contributed by atoms with E-state index in [-0.39, 0.29) is 18.9 Å². The summed E-state index contributed by atoms with van der Waals surface area (Å²) in [6, 6.07) is 5.24. The highest BCUT2D eigenvalue weighted by Gasteiger charge is 2.32. The Kier molecular flexibility index (Phi) is 7.32. The van der Waals surface area contributed by atoms with Gasteiger partial charge in [-0.2, -0.15) is 13.2 Å². The van der Waals surface area contributed by atoms with Gasteiger partial charge in [-0.25, -0.2) is 9.97 Å². The third-order valence-electron chi connectivity index (χ3n) is 4.88. The second-order valence-corrected chi connectivity index (χ2v) is 8.37. The Hall–Kier alpha value is -2.09. The molecule has 0 saturated carbocycles. The Bertz CT molecular complexity index is 859. The maximum Gasteiger partial charge on any atom is 0.416 e. The predicted octanol–water partition coefficient (Wildman–Crippen LogP) is 4.86. The van der Waals surface area contributed by atoms with Crippen molar-refractivity contribution in [2.75, 3.05) is 12.8 Å². The van der Waals surface area contributed by atoms with Gasteiger partial charge < -0.3 is 5.32 Å². The molecule has 1 heterocycles. The van der Waals surface area contributed by atoms with Crippen LogP contribution in [0.5, 0.6) is 0 Å². The van der Waals surface area contributed by atoms with E-state index in [2.05, 4.69) is 15.3 Å². The first-order valence-corrected chi connectivity index (χ1v) is 10.5. The number of aryl methyl sites for hydroxylation is 2. The van der Waals surface area contributed by atoms with E-state index < -0.39 is 17.2 Å². The minimum Gasteiger partial charge on any atom is -0.355 e. The van der Waals surface area contributed by atoms with Crippen LogP contribution in [-0.2, 0) is 22.8 Å². The smallest absolute Gasteiger partial charge is 0.355 e. The highest BCUT2D eigenvalue weighted by atomic mass is 32.2. The summed E-state index contributed by atoms with van der Waals surface area (Å²) < 4.78 is 38.9. The quantitative estimate of drug-likeness (QED) is 0.508. The van der Waals surface area contributed by atoms with E-state index in [0.29, 0.717) is 17.1 Å². The van der Waals surface area contributed by atoms with E-state index in [1.165, 1.54) is 17.8 Å². The number of hydrogen-bond donors (Lipinski definition) is 1. The van der Waals surface area contributed by atoms with E-state index in [4.69, 9.17) is 0 Å². The fourth-order valence-electron chi connectivity index (χ4n) is 3.03. The van der Waals surface area contributed by atoms with Gasteiger partial charge in [0.25, 0.3) is 0 Å². The summed E-state index contributed by atoms with van der Waals surface area (Å²) in [5.41, 5.74) is 1.88. The van der Waals surface area contributed by atoms with Crippen molar-refractivity contribution >= 4 is 17.7 Å². The SMILES string of the molecule is CSc1nc(C)c(CCC(=O)NCC(C)(C)c2cccc(C(F)(F)F)c2)c(C)n1. The van der Waals surface area contributed by atoms with E-state index in [1.807, 2.05) is 34.0 Å². The zero-order valence-electron chi connectivity index (χ0n) is 17.3. The van der Waals surface area contributed by atoms with Crippen LogP contribution < -0.4 is 5.32 Å². The zero-order valence-corrected chi connectivity index (χ0v) is 18.1. The Morgan fingerprint density at radius 3 is 2.24 bits per heavy atom. The highest BCUT2D eigenvalue weighted by molar-refractivity contribution is 7.98. The maximum absolute atomic E-state index is 13.0. The largest absolute Gasteiger partial charge is 0.416 e. The number of nitrogens with zero attached hydrogens (tertiary/aromatic N) is 2. The number of carbonyl (C=O) groups excluding carboxylic acids is 1. The van der Waals surface area contributed by atoms with Crippen molar-refractivity contribution in [1.82, 2.24) is 15.3 Å². The number of aromatic nitrogens is 2. The molecule has 0 aliphatic heterocycles. The molecule has 1 aromatic carbocycles. The van der Waals surface area contributed by atoms with Gasteiger partial charge in [-0.3, -0.25) is 4.79 Å². The Morgan fingerprint density at radius 2 is 1.69 bits per heavy atom. The van der Waals surface area contributed by atoms with E-state index >= 15 is 0 Å². The molecule has 29 heavy (non-hydrogen) atoms. The second kappa shape index (κ2) is 9.15. The summed E-state index contributed by atoms with van der Waals surface area (Å²) in [4.78, 5) is 21.2. The third-order valence-corrected chi connectivity index (χ3v) is 5.43. The molecule has 0 atom stereocenters. The lowest BCUT2D eigenvalue weighted by Gasteiger charge is -2.26. The van der Waals surface area contributed by atoms with Crippen LogP contribution in [0.4, 0.5) is 13.2 Å². The van der Waals surface area contributed by atoms with Crippen LogP contribution in [0.15, 0.2) is 29.4 Å². The van der Waals surface area contributed by atoms with Crippen LogP contribution >= 0.6 is 11.8 Å². The standard InChI is InChI=1S/C21H26F3N3OS/c1-13-17(14(2)27-19(26-13)29-5)9-10-18(28)25-12-20(3,4)15-7-6-8-16(11-15)21(22,23)24/h6-8,11H,9-10,12H2,1-5H3,(H,25,28). The fourth-order valence-corrected chi connectivity index (χ4v) is 3.48. The minimum atomic E-state index is -4.39. The van der Waals surface area contributed by atoms with Crippen molar-refractivity contribution in [3.05, 3.63) is 52.3 Å². The first kappa shape index (κ1) is 23.2. The summed E-state index contributed by atoms with van der Waals surface area (Å²) in [5.74, 6) is -0.155. The van der Waals surface area contributed by atoms with Gasteiger partial charge in [0.2, 0.25) is 5.91 Å². The van der Waals surface area contributed by atoms with E-state index in [9.17, 15) is 18.0 Å². The Labute approximate surface area is 173 Å². The summed E-state index contributed by atoms with van der Waals surface area (Å²) in [7, 11) is 0. The number of hydrogen-bond acceptors (Lipinski definition) is 4. The molecule has 1 amide bonds. The van der Waals surface area contributed by atoms with E-state index in [0.717, 1.165) is 29.1 Å². The van der Waals surface area contributed by atoms with Gasteiger partial charge in [-0.1, -0.05) is 43.8 Å². The van der Waals surface area contributed by atoms with E-state index in [1.54, 1.807) is 6.07 Å². The number of thioether (sulfide) groups is 1. The molecule has 0 bridgehead atoms. The summed E-state index contributed by atoms with van der Waals surface area (Å²) >= 11 is 1.47. The van der Waals surface area contributed by atoms with Crippen molar-refractivity contribution in [3.63, 3.8) is 0 Å². The normalized spacial score (nSPS) is 12.1. The topological polar surface area (TPSA) is 54.9 Å². The van der Waals surface area contributed by atoms with Gasteiger partial charge in [-0.15, -0.1) is 0 Å². The molecule has 158 valence electrons. The van der Waals surface area contributed by atoms with Gasteiger partial charge in [0.15, 0.2) is 5.16 Å². The number of nitrogens with one attached hydrogen (secondary N) is 1. The molecule has 1 aromatic heterocycles. The van der Waals surface area contributed by atoms with Gasteiger partial charge >= 0.3 is 6.18 Å². The second-order valence-electron chi connectivity index (χ2n) is 7.60. The van der Waals surface area contributed by atoms with Gasteiger partial charge in [0.05, 0.1) is 5.56 Å². The van der Waals surface area contributed by atoms with Gasteiger partial charge in [0.1, 0.15) is 0 Å². The summed E-state index contributed by atoms with van der Waals surface area (Å²) in [5, 5.41) is 3.55. The molecule has 0 aliphatic carbocycles. The molecule has 0 aliphatic rings. The number of halogens is 3. The number of alkyl halides is 3. The molecule has 0 saturated heterocycles. The van der Waals surface area contributed by atoms with Crippen LogP contribution in [0.1, 0.15) is 48.3 Å². The van der Waals surface area contributed by atoms with Gasteiger partial charge in [0, 0.05) is 29.8 Å². The van der Waals surface area contributed by atoms with Crippen molar-refractivity contribution < 1.29 is 18.0 Å². The van der Waals surface area contributed by atoms with Crippen LogP contribution in [0.3, 0.4) is 0 Å². The van der Waals surface area contributed by atoms with Gasteiger partial charge in [-0.05, 0) is 43.7 Å². The molecule has 0 radical (unpaired) electrons. The highest BCUT2D eigenvalue weighted by Crippen LogP contribution is 2.32. The Morgan fingerprint density at radius 1 is 1.10 bits per heavy atom. The molecule has 4 nitrogen and oxygen atoms in total. The zero-order chi connectivity index (χ0) is 21.8. The predicted molar refractivity (Wildman–Crippen MR) is 109 cm³/mol. The average molecular weight is 426 g/mol. The molecule has 2 aromatic rings. The fraction of sp³-hybridized carbons (Fsp3) is 0.476. The maximum atomic E-state index is 13.0. The third kappa shape index (κ3) is 6.19. The minimum absolute atomic E-state index is 0.155. The van der Waals surface area contributed by atoms with Crippen LogP contribution in [0, 0.1) is 13.8 Å². The van der Waals surface area contributed by atoms with Crippen LogP contribution in [0.25, 0.3) is 0 Å². The molecule has 2 rings (SSSR count). The summed E-state index contributed by atoms with van der Waals surface area (Å²) in [6.07, 6.45) is -1.70. The van der Waals surface area contributed by atoms with Crippen LogP contribution in [-0.4, -0.2) is 28.7 Å². The molecular weight excluding hydrogens is 399 g/mol. The van der Waals surface area contributed by atoms with Crippen molar-refractivity contribution in [3.8, 4) is 0 Å². The van der Waals surface area contributed by atoms with Crippen molar-refractivity contribution in [2.45, 2.75) is 57.3 Å². The summed E-state index contributed by atoms with van der Waals surface area (Å²) in [6.45, 7) is 7.67. The lowest BCUT2D eigenvalue weighted by Crippen LogP contribution is -2.37. The number of amides is 1. The van der Waals surface area contributed by atoms with Crippen molar-refractivity contribution in [1.29, 1.82) is 0 Å². The Balaban J connectivity index is 1.98. The molecule has 0 unspecified atom stereocenters. The number of rotatable bonds is 7. The number of benzene rings is 1. The monoisotopic (exact) mass is 425 g/mol. The first-order chi connectivity index (χ1) is 13.4. The molecular formula is C21H26F3N3OS. The van der Waals surface area contributed by atoms with Crippen LogP contribution in [0.2, 0.25) is 0 Å². The lowest BCUT2D eigenvalue weighted by atomic mass is 9.83. The molecule has 0 spiro atoms. The van der Waals surface area contributed by atoms with Crippen molar-refractivity contribution in [2.24, 2.45) is 0 Å². The molecule has 1 N–H and O–H groups in total. The molecule has 8 heteroatoms. The lowest BCUT2D eigenvalue weighted by molar-refractivity contribution is -0.137. The average Bonchev–Trinajstić information content (AvgIpc) is 2.65.